The van der Waals surface area contributed by atoms with Crippen LogP contribution in [-0.4, -0.2) is 66.6 Å². The Labute approximate surface area is 252 Å². The normalized spacial score (nSPS) is 17.8. The first-order valence-electron chi connectivity index (χ1n) is 15.1. The first kappa shape index (κ1) is 27.3. The Morgan fingerprint density at radius 3 is 2.02 bits per heavy atom. The summed E-state index contributed by atoms with van der Waals surface area (Å²) in [6.07, 6.45) is 1.55. The number of rotatable bonds is 4. The van der Waals surface area contributed by atoms with Gasteiger partial charge in [0.05, 0.1) is 36.6 Å². The lowest BCUT2D eigenvalue weighted by molar-refractivity contribution is -0.00573. The predicted molar refractivity (Wildman–Crippen MR) is 167 cm³/mol. The lowest BCUT2D eigenvalue weighted by Gasteiger charge is -2.44. The number of hydrogen-bond donors (Lipinski definition) is 0. The number of pyridine rings is 1. The molecule has 0 radical (unpaired) electrons. The minimum absolute atomic E-state index is 0.0276. The van der Waals surface area contributed by atoms with Crippen LogP contribution in [0.2, 0.25) is 0 Å². The number of fused-ring (bicyclic) bond motifs is 1. The van der Waals surface area contributed by atoms with Gasteiger partial charge < -0.3 is 19.3 Å². The van der Waals surface area contributed by atoms with E-state index in [2.05, 4.69) is 11.8 Å². The van der Waals surface area contributed by atoms with Crippen LogP contribution in [0.25, 0.3) is 22.5 Å². The van der Waals surface area contributed by atoms with Crippen LogP contribution in [0.1, 0.15) is 45.5 Å². The van der Waals surface area contributed by atoms with E-state index in [1.54, 1.807) is 0 Å². The highest BCUT2D eigenvalue weighted by atomic mass is 16.5. The van der Waals surface area contributed by atoms with Gasteiger partial charge in [-0.15, -0.1) is 0 Å². The number of ether oxygens (including phenoxy) is 2. The number of aryl methyl sites for hydroxylation is 1. The number of likely N-dealkylation sites (tertiary alicyclic amines) is 1. The van der Waals surface area contributed by atoms with Gasteiger partial charge in [0, 0.05) is 61.4 Å². The summed E-state index contributed by atoms with van der Waals surface area (Å²) in [6.45, 7) is 6.15. The molecule has 3 aromatic carbocycles. The Morgan fingerprint density at radius 1 is 0.814 bits per heavy atom. The van der Waals surface area contributed by atoms with Crippen LogP contribution >= 0.6 is 0 Å². The highest BCUT2D eigenvalue weighted by molar-refractivity contribution is 6.02. The van der Waals surface area contributed by atoms with Gasteiger partial charge in [0.25, 0.3) is 5.91 Å². The van der Waals surface area contributed by atoms with Crippen LogP contribution in [-0.2, 0) is 4.74 Å². The maximum absolute atomic E-state index is 13.9. The third-order valence-corrected chi connectivity index (χ3v) is 8.93. The lowest BCUT2D eigenvalue weighted by atomic mass is 9.82. The van der Waals surface area contributed by atoms with Gasteiger partial charge in [-0.3, -0.25) is 9.59 Å². The zero-order valence-electron chi connectivity index (χ0n) is 24.4. The standard InChI is InChI=1S/C36H35N3O4/c1-25-20-34-29(23-32(25)38-16-18-42-19-17-38)33(40)24-36(43-34)12-14-39(15-13-36)35(41)28-21-30(26-8-4-2-5-9-26)37-31(22-28)27-10-6-3-7-11-27/h2-11,20-23H,12-19,24H2,1H3. The summed E-state index contributed by atoms with van der Waals surface area (Å²) in [5, 5.41) is 0. The molecule has 4 heterocycles. The number of benzene rings is 3. The number of carbonyl (C=O) groups is 2. The molecule has 2 saturated heterocycles. The van der Waals surface area contributed by atoms with Gasteiger partial charge >= 0.3 is 0 Å². The monoisotopic (exact) mass is 573 g/mol. The number of hydrogen-bond acceptors (Lipinski definition) is 6. The smallest absolute Gasteiger partial charge is 0.254 e. The summed E-state index contributed by atoms with van der Waals surface area (Å²) >= 11 is 0. The molecule has 1 amide bonds. The molecule has 3 aliphatic heterocycles. The average molecular weight is 574 g/mol. The third-order valence-electron chi connectivity index (χ3n) is 8.93. The molecule has 7 nitrogen and oxygen atoms in total. The van der Waals surface area contributed by atoms with Crippen LogP contribution in [0.3, 0.4) is 0 Å². The van der Waals surface area contributed by atoms with Gasteiger partial charge in [0.1, 0.15) is 11.4 Å². The number of Topliss-reactive ketones (excluding diaryl/α,β-unsaturated/α-hetero) is 1. The van der Waals surface area contributed by atoms with Gasteiger partial charge in [0.2, 0.25) is 0 Å². The molecule has 43 heavy (non-hydrogen) atoms. The maximum atomic E-state index is 13.9. The van der Waals surface area contributed by atoms with E-state index in [9.17, 15) is 9.59 Å². The molecule has 0 unspecified atom stereocenters. The number of morpholine rings is 1. The molecule has 0 atom stereocenters. The summed E-state index contributed by atoms with van der Waals surface area (Å²) in [7, 11) is 0. The van der Waals surface area contributed by atoms with Crippen LogP contribution in [0.15, 0.2) is 84.9 Å². The van der Waals surface area contributed by atoms with Gasteiger partial charge in [-0.25, -0.2) is 4.98 Å². The number of carbonyl (C=O) groups excluding carboxylic acids is 2. The summed E-state index contributed by atoms with van der Waals surface area (Å²) in [6, 6.07) is 27.7. The Bertz CT molecular complexity index is 1600. The minimum Gasteiger partial charge on any atom is -0.486 e. The molecule has 1 aromatic heterocycles. The molecule has 218 valence electrons. The van der Waals surface area contributed by atoms with Gasteiger partial charge in [-0.1, -0.05) is 60.7 Å². The molecular weight excluding hydrogens is 538 g/mol. The fraction of sp³-hybridized carbons (Fsp3) is 0.306. The van der Waals surface area contributed by atoms with Gasteiger partial charge in [0.15, 0.2) is 5.78 Å². The van der Waals surface area contributed by atoms with E-state index in [0.29, 0.717) is 62.4 Å². The van der Waals surface area contributed by atoms with Crippen molar-refractivity contribution in [1.82, 2.24) is 9.88 Å². The molecule has 0 saturated carbocycles. The van der Waals surface area contributed by atoms with E-state index in [0.717, 1.165) is 46.9 Å². The zero-order valence-corrected chi connectivity index (χ0v) is 24.4. The molecule has 0 aliphatic carbocycles. The van der Waals surface area contributed by atoms with Crippen molar-refractivity contribution in [2.75, 3.05) is 44.3 Å². The first-order chi connectivity index (χ1) is 21.0. The fourth-order valence-corrected chi connectivity index (χ4v) is 6.52. The van der Waals surface area contributed by atoms with Crippen molar-refractivity contribution >= 4 is 17.4 Å². The molecule has 2 fully saturated rings. The summed E-state index contributed by atoms with van der Waals surface area (Å²) < 4.78 is 12.1. The van der Waals surface area contributed by atoms with E-state index in [1.165, 1.54) is 0 Å². The Morgan fingerprint density at radius 2 is 1.42 bits per heavy atom. The second-order valence-corrected chi connectivity index (χ2v) is 11.8. The Balaban J connectivity index is 1.11. The highest BCUT2D eigenvalue weighted by Gasteiger charge is 2.44. The van der Waals surface area contributed by atoms with E-state index >= 15 is 0 Å². The molecule has 0 N–H and O–H groups in total. The average Bonchev–Trinajstić information content (AvgIpc) is 3.05. The number of nitrogens with zero attached hydrogens (tertiary/aromatic N) is 3. The van der Waals surface area contributed by atoms with Crippen molar-refractivity contribution in [2.45, 2.75) is 31.8 Å². The third kappa shape index (κ3) is 5.41. The van der Waals surface area contributed by atoms with Crippen molar-refractivity contribution in [3.63, 3.8) is 0 Å². The Hall–Kier alpha value is -4.49. The molecule has 7 rings (SSSR count). The lowest BCUT2D eigenvalue weighted by Crippen LogP contribution is -2.52. The van der Waals surface area contributed by atoms with Crippen LogP contribution < -0.4 is 9.64 Å². The highest BCUT2D eigenvalue weighted by Crippen LogP contribution is 2.42. The molecule has 3 aliphatic rings. The van der Waals surface area contributed by atoms with E-state index in [4.69, 9.17) is 14.5 Å². The quantitative estimate of drug-likeness (QED) is 0.290. The van der Waals surface area contributed by atoms with E-state index in [-0.39, 0.29) is 11.7 Å². The largest absolute Gasteiger partial charge is 0.486 e. The molecule has 1 spiro atoms. The number of piperidine rings is 1. The van der Waals surface area contributed by atoms with Crippen molar-refractivity contribution in [3.8, 4) is 28.3 Å². The summed E-state index contributed by atoms with van der Waals surface area (Å²) in [5.41, 5.74) is 6.33. The number of anilines is 1. The van der Waals surface area contributed by atoms with Crippen molar-refractivity contribution < 1.29 is 19.1 Å². The van der Waals surface area contributed by atoms with Gasteiger partial charge in [-0.2, -0.15) is 0 Å². The zero-order chi connectivity index (χ0) is 29.4. The van der Waals surface area contributed by atoms with Gasteiger partial charge in [-0.05, 0) is 36.8 Å². The van der Waals surface area contributed by atoms with E-state index in [1.807, 2.05) is 89.8 Å². The maximum Gasteiger partial charge on any atom is 0.254 e. The number of amides is 1. The number of aromatic nitrogens is 1. The van der Waals surface area contributed by atoms with Crippen molar-refractivity contribution in [2.24, 2.45) is 0 Å². The fourth-order valence-electron chi connectivity index (χ4n) is 6.52. The summed E-state index contributed by atoms with van der Waals surface area (Å²) in [4.78, 5) is 36.5. The van der Waals surface area contributed by atoms with Crippen LogP contribution in [0.4, 0.5) is 5.69 Å². The second-order valence-electron chi connectivity index (χ2n) is 11.8. The predicted octanol–water partition coefficient (Wildman–Crippen LogP) is 6.20. The first-order valence-corrected chi connectivity index (χ1v) is 15.1. The molecular formula is C36H35N3O4. The molecule has 7 heteroatoms. The second kappa shape index (κ2) is 11.3. The number of ketones is 1. The van der Waals surface area contributed by atoms with Crippen LogP contribution in [0, 0.1) is 6.92 Å². The van der Waals surface area contributed by atoms with Crippen LogP contribution in [0.5, 0.6) is 5.75 Å². The Kier molecular flexibility index (Phi) is 7.19. The minimum atomic E-state index is -0.587. The molecule has 4 aromatic rings. The van der Waals surface area contributed by atoms with Crippen molar-refractivity contribution in [3.05, 3.63) is 102 Å². The summed E-state index contributed by atoms with van der Waals surface area (Å²) in [5.74, 6) is 0.754. The SMILES string of the molecule is Cc1cc2c(cc1N1CCOCC1)C(=O)CC1(CCN(C(=O)c3cc(-c4ccccc4)nc(-c4ccccc4)c3)CC1)O2. The van der Waals surface area contributed by atoms with E-state index < -0.39 is 5.60 Å². The van der Waals surface area contributed by atoms with Crippen molar-refractivity contribution in [1.29, 1.82) is 0 Å². The molecule has 0 bridgehead atoms. The topological polar surface area (TPSA) is 72.0 Å².